The van der Waals surface area contributed by atoms with E-state index in [0.29, 0.717) is 36.3 Å². The first-order valence-corrected chi connectivity index (χ1v) is 9.88. The van der Waals surface area contributed by atoms with E-state index in [2.05, 4.69) is 15.5 Å². The van der Waals surface area contributed by atoms with Crippen LogP contribution in [0.15, 0.2) is 28.0 Å². The molecule has 1 fully saturated rings. The molecule has 1 aromatic heterocycles. The van der Waals surface area contributed by atoms with Crippen molar-refractivity contribution in [3.63, 3.8) is 0 Å². The Hall–Kier alpha value is -1.85. The van der Waals surface area contributed by atoms with Crippen LogP contribution in [0.5, 0.6) is 0 Å². The molecule has 0 spiro atoms. The van der Waals surface area contributed by atoms with E-state index in [1.807, 2.05) is 4.90 Å². The van der Waals surface area contributed by atoms with Gasteiger partial charge in [-0.1, -0.05) is 23.1 Å². The van der Waals surface area contributed by atoms with Crippen LogP contribution in [0.1, 0.15) is 12.5 Å². The van der Waals surface area contributed by atoms with Crippen molar-refractivity contribution in [2.75, 3.05) is 36.5 Å². The van der Waals surface area contributed by atoms with Gasteiger partial charge in [0.15, 0.2) is 4.34 Å². The minimum Gasteiger partial charge on any atom is -0.378 e. The van der Waals surface area contributed by atoms with Crippen LogP contribution in [0.4, 0.5) is 24.5 Å². The lowest BCUT2D eigenvalue weighted by Gasteiger charge is -2.31. The highest BCUT2D eigenvalue weighted by Crippen LogP contribution is 2.36. The summed E-state index contributed by atoms with van der Waals surface area (Å²) < 4.78 is 45.3. The number of carbonyl (C=O) groups is 1. The van der Waals surface area contributed by atoms with Crippen LogP contribution in [-0.4, -0.2) is 47.7 Å². The molecule has 1 aromatic carbocycles. The molecular formula is C16H17F3N4O2S2. The maximum atomic E-state index is 13.1. The second-order valence-electron chi connectivity index (χ2n) is 5.78. The van der Waals surface area contributed by atoms with Gasteiger partial charge in [-0.25, -0.2) is 0 Å². The zero-order valence-corrected chi connectivity index (χ0v) is 16.0. The third-order valence-electron chi connectivity index (χ3n) is 3.92. The Labute approximate surface area is 162 Å². The molecule has 1 aliphatic rings. The standard InChI is InChI=1S/C16H17F3N4O2S2/c1-10(27-15-22-20-9-26-15)14(24)21-12-8-11(16(17,18)19)2-3-13(12)23-4-6-25-7-5-23/h2-3,8-10H,4-7H2,1H3,(H,21,24)/t10-/m0/s1. The SMILES string of the molecule is C[C@H](Sc1nncs1)C(=O)Nc1cc(C(F)(F)F)ccc1N1CCOCC1. The predicted octanol–water partition coefficient (Wildman–Crippen LogP) is 3.51. The van der Waals surface area contributed by atoms with Crippen LogP contribution in [0.25, 0.3) is 0 Å². The molecule has 6 nitrogen and oxygen atoms in total. The van der Waals surface area contributed by atoms with Gasteiger partial charge in [-0.3, -0.25) is 4.79 Å². The second-order valence-corrected chi connectivity index (χ2v) is 8.20. The van der Waals surface area contributed by atoms with E-state index in [1.165, 1.54) is 29.2 Å². The second kappa shape index (κ2) is 8.44. The van der Waals surface area contributed by atoms with Crippen LogP contribution < -0.4 is 10.2 Å². The topological polar surface area (TPSA) is 67.4 Å². The molecule has 2 heterocycles. The monoisotopic (exact) mass is 418 g/mol. The van der Waals surface area contributed by atoms with Crippen LogP contribution in [0.3, 0.4) is 0 Å². The zero-order chi connectivity index (χ0) is 19.4. The van der Waals surface area contributed by atoms with Gasteiger partial charge in [-0.15, -0.1) is 10.2 Å². The quantitative estimate of drug-likeness (QED) is 0.750. The zero-order valence-electron chi connectivity index (χ0n) is 14.3. The molecule has 0 aliphatic carbocycles. The van der Waals surface area contributed by atoms with Crippen LogP contribution in [0, 0.1) is 0 Å². The fourth-order valence-electron chi connectivity index (χ4n) is 2.55. The van der Waals surface area contributed by atoms with Crippen molar-refractivity contribution in [2.45, 2.75) is 22.7 Å². The Kier molecular flexibility index (Phi) is 6.22. The molecule has 0 bridgehead atoms. The number of rotatable bonds is 5. The molecule has 0 radical (unpaired) electrons. The van der Waals surface area contributed by atoms with Crippen molar-refractivity contribution in [2.24, 2.45) is 0 Å². The summed E-state index contributed by atoms with van der Waals surface area (Å²) in [5, 5.41) is 9.68. The first kappa shape index (κ1) is 19.9. The average Bonchev–Trinajstić information content (AvgIpc) is 3.14. The molecule has 0 saturated carbocycles. The molecule has 0 unspecified atom stereocenters. The smallest absolute Gasteiger partial charge is 0.378 e. The normalized spacial score (nSPS) is 16.2. The molecule has 11 heteroatoms. The third kappa shape index (κ3) is 5.11. The Morgan fingerprint density at radius 3 is 2.74 bits per heavy atom. The molecule has 2 aromatic rings. The molecule has 1 aliphatic heterocycles. The highest BCUT2D eigenvalue weighted by Gasteiger charge is 2.32. The molecular weight excluding hydrogens is 401 g/mol. The lowest BCUT2D eigenvalue weighted by atomic mass is 10.1. The van der Waals surface area contributed by atoms with Gasteiger partial charge in [0.25, 0.3) is 0 Å². The number of benzene rings is 1. The predicted molar refractivity (Wildman–Crippen MR) is 98.3 cm³/mol. The Bertz CT molecular complexity index is 780. The van der Waals surface area contributed by atoms with E-state index in [9.17, 15) is 18.0 Å². The van der Waals surface area contributed by atoms with E-state index in [4.69, 9.17) is 4.74 Å². The lowest BCUT2D eigenvalue weighted by molar-refractivity contribution is -0.137. The number of thioether (sulfide) groups is 1. The molecule has 3 rings (SSSR count). The number of nitrogens with zero attached hydrogens (tertiary/aromatic N) is 3. The van der Waals surface area contributed by atoms with Gasteiger partial charge in [-0.2, -0.15) is 13.2 Å². The molecule has 146 valence electrons. The maximum Gasteiger partial charge on any atom is 0.416 e. The van der Waals surface area contributed by atoms with E-state index in [-0.39, 0.29) is 5.69 Å². The average molecular weight is 418 g/mol. The van der Waals surface area contributed by atoms with Crippen molar-refractivity contribution in [1.82, 2.24) is 10.2 Å². The first-order valence-electron chi connectivity index (χ1n) is 8.12. The number of nitrogens with one attached hydrogen (secondary N) is 1. The summed E-state index contributed by atoms with van der Waals surface area (Å²) in [6, 6.07) is 3.40. The summed E-state index contributed by atoms with van der Waals surface area (Å²) in [4.78, 5) is 14.4. The van der Waals surface area contributed by atoms with E-state index in [1.54, 1.807) is 12.4 Å². The van der Waals surface area contributed by atoms with Crippen LogP contribution >= 0.6 is 23.1 Å². The number of carbonyl (C=O) groups excluding carboxylic acids is 1. The molecule has 1 amide bonds. The minimum absolute atomic E-state index is 0.140. The highest BCUT2D eigenvalue weighted by atomic mass is 32.2. The van der Waals surface area contributed by atoms with Gasteiger partial charge in [0, 0.05) is 13.1 Å². The molecule has 1 N–H and O–H groups in total. The van der Waals surface area contributed by atoms with Crippen LogP contribution in [-0.2, 0) is 15.7 Å². The number of hydrogen-bond acceptors (Lipinski definition) is 7. The van der Waals surface area contributed by atoms with Gasteiger partial charge in [0.05, 0.1) is 35.4 Å². The number of ether oxygens (including phenoxy) is 1. The summed E-state index contributed by atoms with van der Waals surface area (Å²) in [5.41, 5.74) is 1.43. The number of anilines is 2. The Morgan fingerprint density at radius 2 is 2.11 bits per heavy atom. The summed E-state index contributed by atoms with van der Waals surface area (Å²) in [6.07, 6.45) is -4.49. The first-order chi connectivity index (χ1) is 12.8. The Morgan fingerprint density at radius 1 is 1.37 bits per heavy atom. The number of amides is 1. The summed E-state index contributed by atoms with van der Waals surface area (Å²) in [7, 11) is 0. The van der Waals surface area contributed by atoms with Crippen molar-refractivity contribution >= 4 is 40.4 Å². The number of halogens is 3. The van der Waals surface area contributed by atoms with Gasteiger partial charge in [0.1, 0.15) is 5.51 Å². The van der Waals surface area contributed by atoms with E-state index >= 15 is 0 Å². The Balaban J connectivity index is 1.82. The van der Waals surface area contributed by atoms with Crippen molar-refractivity contribution in [1.29, 1.82) is 0 Å². The number of morpholine rings is 1. The van der Waals surface area contributed by atoms with Crippen molar-refractivity contribution in [3.8, 4) is 0 Å². The van der Waals surface area contributed by atoms with Crippen molar-refractivity contribution < 1.29 is 22.7 Å². The summed E-state index contributed by atoms with van der Waals surface area (Å²) in [6.45, 7) is 3.73. The fourth-order valence-corrected chi connectivity index (χ4v) is 4.17. The van der Waals surface area contributed by atoms with Gasteiger partial charge in [-0.05, 0) is 25.1 Å². The fraction of sp³-hybridized carbons (Fsp3) is 0.438. The number of aromatic nitrogens is 2. The lowest BCUT2D eigenvalue weighted by Crippen LogP contribution is -2.37. The van der Waals surface area contributed by atoms with E-state index < -0.39 is 22.9 Å². The summed E-state index contributed by atoms with van der Waals surface area (Å²) in [5.74, 6) is -0.399. The van der Waals surface area contributed by atoms with Crippen LogP contribution in [0.2, 0.25) is 0 Å². The largest absolute Gasteiger partial charge is 0.416 e. The summed E-state index contributed by atoms with van der Waals surface area (Å²) >= 11 is 2.50. The number of hydrogen-bond donors (Lipinski definition) is 1. The molecule has 27 heavy (non-hydrogen) atoms. The van der Waals surface area contributed by atoms with Gasteiger partial charge < -0.3 is 15.0 Å². The molecule has 1 saturated heterocycles. The van der Waals surface area contributed by atoms with Gasteiger partial charge in [0.2, 0.25) is 5.91 Å². The minimum atomic E-state index is -4.49. The maximum absolute atomic E-state index is 13.1. The number of alkyl halides is 3. The molecule has 1 atom stereocenters. The highest BCUT2D eigenvalue weighted by molar-refractivity contribution is 8.02. The van der Waals surface area contributed by atoms with Crippen molar-refractivity contribution in [3.05, 3.63) is 29.3 Å². The van der Waals surface area contributed by atoms with Gasteiger partial charge >= 0.3 is 6.18 Å². The van der Waals surface area contributed by atoms with E-state index in [0.717, 1.165) is 12.1 Å². The third-order valence-corrected chi connectivity index (χ3v) is 5.83.